The van der Waals surface area contributed by atoms with Gasteiger partial charge in [-0.15, -0.1) is 0 Å². The van der Waals surface area contributed by atoms with Crippen molar-refractivity contribution in [2.75, 3.05) is 29.5 Å². The van der Waals surface area contributed by atoms with E-state index in [2.05, 4.69) is 65.8 Å². The molecule has 0 spiro atoms. The van der Waals surface area contributed by atoms with Crippen LogP contribution in [0.5, 0.6) is 5.75 Å². The van der Waals surface area contributed by atoms with Gasteiger partial charge >= 0.3 is 0 Å². The number of aromatic nitrogens is 4. The monoisotopic (exact) mass is 499 g/mol. The molecule has 184 valence electrons. The van der Waals surface area contributed by atoms with Crippen LogP contribution in [-0.4, -0.2) is 33.1 Å². The Labute approximate surface area is 214 Å². The number of benzene rings is 1. The van der Waals surface area contributed by atoms with Crippen molar-refractivity contribution in [2.45, 2.75) is 40.7 Å². The molecule has 8 nitrogen and oxygen atoms in total. The normalized spacial score (nSPS) is 16.7. The highest BCUT2D eigenvalue weighted by Crippen LogP contribution is 2.41. The molecule has 0 saturated heterocycles. The van der Waals surface area contributed by atoms with E-state index < -0.39 is 0 Å². The van der Waals surface area contributed by atoms with E-state index in [-0.39, 0.29) is 5.41 Å². The Bertz CT molecular complexity index is 1560. The molecule has 36 heavy (non-hydrogen) atoms. The van der Waals surface area contributed by atoms with Crippen LogP contribution < -0.4 is 21.1 Å². The van der Waals surface area contributed by atoms with E-state index in [1.807, 2.05) is 12.3 Å². The zero-order valence-electron chi connectivity index (χ0n) is 20.9. The van der Waals surface area contributed by atoms with Gasteiger partial charge in [0.25, 0.3) is 0 Å². The van der Waals surface area contributed by atoms with E-state index in [4.69, 9.17) is 21.2 Å². The zero-order valence-corrected chi connectivity index (χ0v) is 21.7. The minimum atomic E-state index is 0.0278. The molecule has 4 aromatic rings. The predicted molar refractivity (Wildman–Crippen MR) is 146 cm³/mol. The fourth-order valence-corrected chi connectivity index (χ4v) is 6.12. The van der Waals surface area contributed by atoms with E-state index in [0.717, 1.165) is 67.4 Å². The van der Waals surface area contributed by atoms with E-state index in [9.17, 15) is 0 Å². The first-order valence-corrected chi connectivity index (χ1v) is 12.9. The molecule has 0 unspecified atom stereocenters. The van der Waals surface area contributed by atoms with Crippen LogP contribution in [0.25, 0.3) is 27.0 Å². The number of rotatable bonds is 2. The number of nitrogens with zero attached hydrogens (tertiary/aromatic N) is 5. The maximum Gasteiger partial charge on any atom is 0.222 e. The van der Waals surface area contributed by atoms with Crippen molar-refractivity contribution in [3.63, 3.8) is 0 Å². The van der Waals surface area contributed by atoms with Crippen molar-refractivity contribution in [1.29, 1.82) is 0 Å². The van der Waals surface area contributed by atoms with Gasteiger partial charge in [-0.05, 0) is 60.6 Å². The number of thiazole rings is 1. The van der Waals surface area contributed by atoms with Crippen molar-refractivity contribution in [3.8, 4) is 16.9 Å². The van der Waals surface area contributed by atoms with Crippen molar-refractivity contribution in [3.05, 3.63) is 52.9 Å². The van der Waals surface area contributed by atoms with Crippen molar-refractivity contribution in [2.24, 2.45) is 5.41 Å². The molecule has 3 aromatic heterocycles. The molecule has 1 aliphatic carbocycles. The fraction of sp³-hybridized carbons (Fsp3) is 0.333. The van der Waals surface area contributed by atoms with Crippen LogP contribution in [0, 0.1) is 12.3 Å². The summed E-state index contributed by atoms with van der Waals surface area (Å²) in [5.41, 5.74) is 20.4. The summed E-state index contributed by atoms with van der Waals surface area (Å²) in [6, 6.07) is 6.38. The Morgan fingerprint density at radius 1 is 1.06 bits per heavy atom. The molecule has 4 N–H and O–H groups in total. The molecule has 1 aromatic carbocycles. The molecule has 0 atom stereocenters. The van der Waals surface area contributed by atoms with Gasteiger partial charge in [0.2, 0.25) is 5.95 Å². The summed E-state index contributed by atoms with van der Waals surface area (Å²) in [5, 5.41) is 0.525. The summed E-state index contributed by atoms with van der Waals surface area (Å²) < 4.78 is 6.26. The van der Waals surface area contributed by atoms with Gasteiger partial charge in [-0.1, -0.05) is 31.3 Å². The second kappa shape index (κ2) is 8.16. The number of aryl methyl sites for hydroxylation is 1. The molecule has 0 bridgehead atoms. The van der Waals surface area contributed by atoms with Crippen LogP contribution in [0.3, 0.4) is 0 Å². The third-order valence-corrected chi connectivity index (χ3v) is 7.64. The van der Waals surface area contributed by atoms with Gasteiger partial charge in [0.05, 0.1) is 12.2 Å². The lowest BCUT2D eigenvalue weighted by Crippen LogP contribution is -2.30. The number of fused-ring (bicyclic) bond motifs is 3. The molecular weight excluding hydrogens is 470 g/mol. The van der Waals surface area contributed by atoms with Gasteiger partial charge in [-0.25, -0.2) is 15.0 Å². The highest BCUT2D eigenvalue weighted by atomic mass is 32.1. The average Bonchev–Trinajstić information content (AvgIpc) is 3.04. The minimum absolute atomic E-state index is 0.0278. The van der Waals surface area contributed by atoms with Crippen molar-refractivity contribution in [1.82, 2.24) is 19.9 Å². The lowest BCUT2D eigenvalue weighted by molar-refractivity contribution is 0.329. The predicted octanol–water partition coefficient (Wildman–Crippen LogP) is 5.01. The van der Waals surface area contributed by atoms with Crippen LogP contribution in [0.4, 0.5) is 16.9 Å². The number of nitrogens with two attached hydrogens (primary N) is 2. The number of ether oxygens (including phenoxy) is 1. The molecule has 4 heterocycles. The summed E-state index contributed by atoms with van der Waals surface area (Å²) in [6.07, 6.45) is 5.03. The van der Waals surface area contributed by atoms with Gasteiger partial charge in [0.1, 0.15) is 28.5 Å². The Hall–Kier alpha value is -3.72. The summed E-state index contributed by atoms with van der Waals surface area (Å²) in [7, 11) is 0. The highest BCUT2D eigenvalue weighted by molar-refractivity contribution is 7.21. The van der Waals surface area contributed by atoms with Crippen LogP contribution in [0.1, 0.15) is 43.2 Å². The lowest BCUT2D eigenvalue weighted by Gasteiger charge is -2.32. The van der Waals surface area contributed by atoms with Crippen LogP contribution in [0.15, 0.2) is 30.5 Å². The smallest absolute Gasteiger partial charge is 0.222 e. The van der Waals surface area contributed by atoms with E-state index in [1.165, 1.54) is 11.3 Å². The molecule has 0 fully saturated rings. The Balaban J connectivity index is 1.42. The number of nitrogen functional groups attached to an aromatic ring is 2. The van der Waals surface area contributed by atoms with Gasteiger partial charge in [-0.2, -0.15) is 4.98 Å². The first kappa shape index (κ1) is 22.7. The van der Waals surface area contributed by atoms with Gasteiger partial charge in [0, 0.05) is 29.4 Å². The van der Waals surface area contributed by atoms with Gasteiger partial charge < -0.3 is 21.1 Å². The van der Waals surface area contributed by atoms with Crippen molar-refractivity contribution < 1.29 is 4.74 Å². The van der Waals surface area contributed by atoms with E-state index >= 15 is 0 Å². The number of hydrogen-bond donors (Lipinski definition) is 2. The molecule has 0 saturated carbocycles. The summed E-state index contributed by atoms with van der Waals surface area (Å²) in [4.78, 5) is 21.5. The molecule has 9 heteroatoms. The summed E-state index contributed by atoms with van der Waals surface area (Å²) in [5.74, 6) is 2.13. The third kappa shape index (κ3) is 3.93. The van der Waals surface area contributed by atoms with Crippen molar-refractivity contribution >= 4 is 44.2 Å². The summed E-state index contributed by atoms with van der Waals surface area (Å²) in [6.45, 7) is 10.6. The largest absolute Gasteiger partial charge is 0.491 e. The van der Waals surface area contributed by atoms with E-state index in [1.54, 1.807) is 0 Å². The Morgan fingerprint density at radius 3 is 2.72 bits per heavy atom. The number of hydrogen-bond acceptors (Lipinski definition) is 9. The molecule has 1 aliphatic heterocycles. The molecule has 6 rings (SSSR count). The maximum atomic E-state index is 6.26. The van der Waals surface area contributed by atoms with E-state index in [0.29, 0.717) is 30.8 Å². The second-order valence-corrected chi connectivity index (χ2v) is 11.4. The maximum absolute atomic E-state index is 6.26. The van der Waals surface area contributed by atoms with Gasteiger partial charge in [0.15, 0.2) is 5.13 Å². The first-order valence-electron chi connectivity index (χ1n) is 12.1. The average molecular weight is 500 g/mol. The first-order chi connectivity index (χ1) is 17.2. The Kier molecular flexibility index (Phi) is 5.15. The quantitative estimate of drug-likeness (QED) is 0.396. The van der Waals surface area contributed by atoms with Crippen LogP contribution >= 0.6 is 11.3 Å². The topological polar surface area (TPSA) is 116 Å². The molecular formula is C27H29N7OS. The number of anilines is 3. The van der Waals surface area contributed by atoms with Crippen LogP contribution in [-0.2, 0) is 13.0 Å². The molecule has 0 amide bonds. The Morgan fingerprint density at radius 2 is 1.89 bits per heavy atom. The second-order valence-electron chi connectivity index (χ2n) is 10.4. The lowest BCUT2D eigenvalue weighted by atomic mass is 9.78. The molecule has 0 radical (unpaired) electrons. The highest BCUT2D eigenvalue weighted by Gasteiger charge is 2.31. The van der Waals surface area contributed by atoms with Crippen LogP contribution in [0.2, 0.25) is 0 Å². The third-order valence-electron chi connectivity index (χ3n) is 6.83. The zero-order chi connectivity index (χ0) is 25.2. The summed E-state index contributed by atoms with van der Waals surface area (Å²) >= 11 is 1.40. The van der Waals surface area contributed by atoms with Gasteiger partial charge in [-0.3, -0.25) is 0 Å². The fourth-order valence-electron chi connectivity index (χ4n) is 5.46. The SMILES string of the molecule is CC1=CC(C)(C)Cc2c1nc(N)nc2N1CCOc2c(C)cc(-c3cnc4sc(N)nc4c3)cc2C1. The minimum Gasteiger partial charge on any atom is -0.491 e. The standard InChI is InChI=1S/C27H29N7OS/c1-14-7-16(17-9-20-24(30-12-17)36-26(29)31-20)8-18-13-34(5-6-35-22(14)18)23-19-11-27(3,4)10-15(2)21(19)32-25(28)33-23/h7-10,12H,5-6,11,13H2,1-4H3,(H2,29,31)(H2,28,32,33). The molecule has 2 aliphatic rings. The number of pyridine rings is 1. The number of allylic oxidation sites excluding steroid dienone is 2.